The molecule has 42 heavy (non-hydrogen) atoms. The number of fused-ring (bicyclic) bond motifs is 1. The zero-order chi connectivity index (χ0) is 30.1. The van der Waals surface area contributed by atoms with E-state index in [1.165, 1.54) is 40.3 Å². The van der Waals surface area contributed by atoms with Crippen molar-refractivity contribution < 1.29 is 18.3 Å². The summed E-state index contributed by atoms with van der Waals surface area (Å²) in [6.45, 7) is 10.1. The summed E-state index contributed by atoms with van der Waals surface area (Å²) >= 11 is 1.35. The molecule has 0 saturated carbocycles. The second-order valence-corrected chi connectivity index (χ2v) is 9.99. The van der Waals surface area contributed by atoms with Crippen LogP contribution in [0.2, 0.25) is 0 Å². The van der Waals surface area contributed by atoms with Crippen LogP contribution in [0.1, 0.15) is 23.0 Å². The zero-order valence-corrected chi connectivity index (χ0v) is 23.5. The van der Waals surface area contributed by atoms with Gasteiger partial charge in [0.15, 0.2) is 0 Å². The molecule has 4 rings (SSSR count). The summed E-state index contributed by atoms with van der Waals surface area (Å²) in [5.41, 5.74) is 2.70. The fraction of sp³-hybridized carbons (Fsp3) is 0.161. The van der Waals surface area contributed by atoms with Gasteiger partial charge in [-0.2, -0.15) is 0 Å². The lowest BCUT2D eigenvalue weighted by atomic mass is 10.1. The van der Waals surface area contributed by atoms with E-state index in [4.69, 9.17) is 9.72 Å². The number of aromatic nitrogens is 4. The normalized spacial score (nSPS) is 12.4. The Morgan fingerprint density at radius 3 is 2.88 bits per heavy atom. The second-order valence-electron chi connectivity index (χ2n) is 9.10. The summed E-state index contributed by atoms with van der Waals surface area (Å²) in [6, 6.07) is 6.35. The van der Waals surface area contributed by atoms with Gasteiger partial charge in [-0.25, -0.2) is 18.7 Å². The Kier molecular flexibility index (Phi) is 10.1. The summed E-state index contributed by atoms with van der Waals surface area (Å²) in [5, 5.41) is 6.55. The first-order chi connectivity index (χ1) is 20.3. The highest BCUT2D eigenvalue weighted by Crippen LogP contribution is 2.32. The first-order valence-corrected chi connectivity index (χ1v) is 13.8. The number of ether oxygens (including phenoxy) is 1. The molecule has 0 amide bonds. The molecule has 0 aliphatic rings. The van der Waals surface area contributed by atoms with E-state index in [1.807, 2.05) is 23.7 Å². The third-order valence-corrected chi connectivity index (χ3v) is 7.05. The number of nitrogens with one attached hydrogen (secondary N) is 2. The van der Waals surface area contributed by atoms with E-state index >= 15 is 0 Å². The molecule has 2 N–H and O–H groups in total. The van der Waals surface area contributed by atoms with Crippen LogP contribution in [0.4, 0.5) is 8.78 Å². The van der Waals surface area contributed by atoms with Crippen molar-refractivity contribution in [3.63, 3.8) is 0 Å². The molecular weight excluding hydrogens is 560 g/mol. The van der Waals surface area contributed by atoms with Crippen LogP contribution in [0.5, 0.6) is 0 Å². The summed E-state index contributed by atoms with van der Waals surface area (Å²) in [5.74, 6) is -1.21. The zero-order valence-electron chi connectivity index (χ0n) is 22.7. The minimum absolute atomic E-state index is 0.0218. The number of hydrogen-bond acceptors (Lipinski definition) is 7. The quantitative estimate of drug-likeness (QED) is 0.103. The third kappa shape index (κ3) is 7.43. The molecule has 8 nitrogen and oxygen atoms in total. The maximum Gasteiger partial charge on any atom is 0.308 e. The smallest absolute Gasteiger partial charge is 0.308 e. The lowest BCUT2D eigenvalue weighted by Gasteiger charge is -2.19. The van der Waals surface area contributed by atoms with E-state index in [-0.39, 0.29) is 30.8 Å². The lowest BCUT2D eigenvalue weighted by Crippen LogP contribution is -2.29. The Morgan fingerprint density at radius 1 is 1.29 bits per heavy atom. The lowest BCUT2D eigenvalue weighted by molar-refractivity contribution is -0.142. The van der Waals surface area contributed by atoms with E-state index < -0.39 is 30.1 Å². The Morgan fingerprint density at radius 2 is 2.12 bits per heavy atom. The predicted molar refractivity (Wildman–Crippen MR) is 162 cm³/mol. The molecule has 4 aromatic rings. The first-order valence-electron chi connectivity index (χ1n) is 12.9. The number of pyridine rings is 2. The Bertz CT molecular complexity index is 1730. The summed E-state index contributed by atoms with van der Waals surface area (Å²) in [7, 11) is 0. The Hall–Kier alpha value is -4.90. The molecule has 0 aromatic carbocycles. The fourth-order valence-electron chi connectivity index (χ4n) is 4.24. The van der Waals surface area contributed by atoms with Gasteiger partial charge in [0.2, 0.25) is 0 Å². The van der Waals surface area contributed by atoms with Crippen LogP contribution in [0.3, 0.4) is 0 Å². The highest BCUT2D eigenvalue weighted by Gasteiger charge is 2.23. The SMILES string of the molecule is C=CCOC(=O)C[C@@H](NC(=C)c1cccn(CC(/C=C\CF)=C/C(=C)F)c1=O)c1nc(-c2c[nH]c3ncccc23)cs1. The molecular formula is C31H29F2N5O3S. The van der Waals surface area contributed by atoms with E-state index in [1.54, 1.807) is 18.3 Å². The molecule has 0 fully saturated rings. The summed E-state index contributed by atoms with van der Waals surface area (Å²) < 4.78 is 32.7. The number of rotatable bonds is 14. The number of allylic oxidation sites excluding steroid dienone is 5. The molecule has 11 heteroatoms. The van der Waals surface area contributed by atoms with E-state index in [2.05, 4.69) is 35.0 Å². The predicted octanol–water partition coefficient (Wildman–Crippen LogP) is 6.20. The number of alkyl halides is 1. The molecule has 1 atom stereocenters. The first kappa shape index (κ1) is 30.1. The standard InChI is InChI=1S/C31H29F2N5O3S/c1-4-14-41-28(39)16-26(30-37-27(19-42-30)25-17-35-29-24(25)9-6-12-34-29)36-21(3)23-10-7-13-38(31(23)40)18-22(8-5-11-32)15-20(2)33/h4-10,12-13,15,17,19,26,36H,1-3,11,14,16,18H2,(H,34,35)/b8-5-,22-15+/t26-/m1/s1. The highest BCUT2D eigenvalue weighted by atomic mass is 32.1. The number of aromatic amines is 1. The topological polar surface area (TPSA) is 102 Å². The van der Waals surface area contributed by atoms with Crippen molar-refractivity contribution >= 4 is 34.0 Å². The number of carbonyl (C=O) groups is 1. The van der Waals surface area contributed by atoms with Gasteiger partial charge in [-0.1, -0.05) is 38.0 Å². The van der Waals surface area contributed by atoms with Gasteiger partial charge in [-0.3, -0.25) is 9.59 Å². The number of thiazole rings is 1. The van der Waals surface area contributed by atoms with Crippen LogP contribution >= 0.6 is 11.3 Å². The number of hydrogen-bond donors (Lipinski definition) is 2. The average molecular weight is 590 g/mol. The van der Waals surface area contributed by atoms with Gasteiger partial charge in [-0.05, 0) is 35.9 Å². The summed E-state index contributed by atoms with van der Waals surface area (Å²) in [4.78, 5) is 38.2. The molecule has 0 bridgehead atoms. The Balaban J connectivity index is 1.62. The monoisotopic (exact) mass is 589 g/mol. The molecule has 0 aliphatic carbocycles. The van der Waals surface area contributed by atoms with Gasteiger partial charge in [0.05, 0.1) is 30.3 Å². The van der Waals surface area contributed by atoms with Crippen LogP contribution in [0, 0.1) is 0 Å². The third-order valence-electron chi connectivity index (χ3n) is 6.09. The highest BCUT2D eigenvalue weighted by molar-refractivity contribution is 7.10. The van der Waals surface area contributed by atoms with E-state index in [9.17, 15) is 18.4 Å². The molecule has 0 spiro atoms. The van der Waals surface area contributed by atoms with Crippen LogP contribution in [-0.4, -0.2) is 38.8 Å². The van der Waals surface area contributed by atoms with E-state index in [0.29, 0.717) is 16.3 Å². The molecule has 0 aliphatic heterocycles. The van der Waals surface area contributed by atoms with Crippen molar-refractivity contribution in [1.29, 1.82) is 0 Å². The molecule has 4 aromatic heterocycles. The summed E-state index contributed by atoms with van der Waals surface area (Å²) in [6.07, 6.45) is 10.2. The van der Waals surface area contributed by atoms with Crippen LogP contribution in [-0.2, 0) is 16.1 Å². The number of carbonyl (C=O) groups excluding carboxylic acids is 1. The maximum absolute atomic E-state index is 13.5. The van der Waals surface area contributed by atoms with Gasteiger partial charge in [0.1, 0.15) is 29.8 Å². The number of H-pyrrole nitrogens is 1. The minimum atomic E-state index is -0.738. The number of halogens is 2. The maximum atomic E-state index is 13.5. The van der Waals surface area contributed by atoms with Gasteiger partial charge >= 0.3 is 5.97 Å². The second kappa shape index (κ2) is 14.1. The van der Waals surface area contributed by atoms with Crippen molar-refractivity contribution in [3.05, 3.63) is 125 Å². The average Bonchev–Trinajstić information content (AvgIpc) is 3.62. The van der Waals surface area contributed by atoms with Gasteiger partial charge in [-0.15, -0.1) is 11.3 Å². The van der Waals surface area contributed by atoms with Crippen LogP contribution in [0.25, 0.3) is 28.0 Å². The van der Waals surface area contributed by atoms with Crippen molar-refractivity contribution in [2.24, 2.45) is 0 Å². The Labute approximate surface area is 245 Å². The fourth-order valence-corrected chi connectivity index (χ4v) is 5.11. The van der Waals surface area contributed by atoms with Crippen molar-refractivity contribution in [2.75, 3.05) is 13.3 Å². The van der Waals surface area contributed by atoms with Crippen molar-refractivity contribution in [2.45, 2.75) is 19.0 Å². The van der Waals surface area contributed by atoms with Crippen molar-refractivity contribution in [1.82, 2.24) is 24.8 Å². The van der Waals surface area contributed by atoms with Crippen molar-refractivity contribution in [3.8, 4) is 11.3 Å². The molecule has 0 saturated heterocycles. The number of nitrogens with zero attached hydrogens (tertiary/aromatic N) is 3. The van der Waals surface area contributed by atoms with Gasteiger partial charge < -0.3 is 19.6 Å². The number of esters is 1. The largest absolute Gasteiger partial charge is 0.461 e. The molecule has 0 unspecified atom stereocenters. The van der Waals surface area contributed by atoms with Crippen LogP contribution < -0.4 is 10.9 Å². The van der Waals surface area contributed by atoms with E-state index in [0.717, 1.165) is 22.7 Å². The molecule has 0 radical (unpaired) electrons. The molecule has 216 valence electrons. The van der Waals surface area contributed by atoms with Gasteiger partial charge in [0.25, 0.3) is 5.56 Å². The van der Waals surface area contributed by atoms with Gasteiger partial charge in [0, 0.05) is 40.6 Å². The molecule has 4 heterocycles. The minimum Gasteiger partial charge on any atom is -0.461 e. The van der Waals surface area contributed by atoms with Crippen LogP contribution in [0.15, 0.2) is 108 Å².